The molecule has 0 unspecified atom stereocenters. The van der Waals surface area contributed by atoms with Crippen LogP contribution >= 0.6 is 0 Å². The standard InChI is InChI=1S/C18H24N6O2/c1-21-9-8-19-17(21)16-14(6-7-15(25)24(16)12-4-5-12)18(26)23(3)13-10-20-22(2)11-13/h8-12,14,16H,4-7H2,1-3H3/t14-,16-/m0/s1. The number of imidazole rings is 1. The first-order valence-corrected chi connectivity index (χ1v) is 9.02. The van der Waals surface area contributed by atoms with Crippen LogP contribution in [0.15, 0.2) is 24.8 Å². The van der Waals surface area contributed by atoms with Crippen LogP contribution in [0.25, 0.3) is 0 Å². The summed E-state index contributed by atoms with van der Waals surface area (Å²) < 4.78 is 3.60. The molecule has 8 nitrogen and oxygen atoms in total. The number of aryl methyl sites for hydroxylation is 2. The minimum Gasteiger partial charge on any atom is -0.336 e. The lowest BCUT2D eigenvalue weighted by Gasteiger charge is -2.41. The molecule has 0 N–H and O–H groups in total. The third-order valence-corrected chi connectivity index (χ3v) is 5.43. The van der Waals surface area contributed by atoms with Gasteiger partial charge in [0.2, 0.25) is 11.8 Å². The van der Waals surface area contributed by atoms with Gasteiger partial charge in [-0.15, -0.1) is 0 Å². The van der Waals surface area contributed by atoms with E-state index < -0.39 is 0 Å². The summed E-state index contributed by atoms with van der Waals surface area (Å²) in [5, 5.41) is 4.16. The third kappa shape index (κ3) is 2.79. The zero-order chi connectivity index (χ0) is 18.4. The summed E-state index contributed by atoms with van der Waals surface area (Å²) in [4.78, 5) is 34.0. The summed E-state index contributed by atoms with van der Waals surface area (Å²) in [5.74, 6) is 0.611. The van der Waals surface area contributed by atoms with E-state index in [2.05, 4.69) is 10.1 Å². The molecule has 1 saturated heterocycles. The van der Waals surface area contributed by atoms with Crippen LogP contribution in [0.1, 0.15) is 37.5 Å². The van der Waals surface area contributed by atoms with Crippen molar-refractivity contribution in [3.63, 3.8) is 0 Å². The number of piperidine rings is 1. The highest BCUT2D eigenvalue weighted by atomic mass is 16.2. The van der Waals surface area contributed by atoms with Gasteiger partial charge in [-0.25, -0.2) is 4.98 Å². The van der Waals surface area contributed by atoms with E-state index >= 15 is 0 Å². The summed E-state index contributed by atoms with van der Waals surface area (Å²) in [5.41, 5.74) is 0.756. The molecule has 2 aliphatic rings. The average molecular weight is 356 g/mol. The fraction of sp³-hybridized carbons (Fsp3) is 0.556. The highest BCUT2D eigenvalue weighted by molar-refractivity contribution is 5.96. The molecule has 8 heteroatoms. The summed E-state index contributed by atoms with van der Waals surface area (Å²) in [6.07, 6.45) is 10.1. The summed E-state index contributed by atoms with van der Waals surface area (Å²) in [6, 6.07) is -0.0705. The van der Waals surface area contributed by atoms with E-state index in [1.807, 2.05) is 36.0 Å². The van der Waals surface area contributed by atoms with E-state index in [0.29, 0.717) is 12.8 Å². The topological polar surface area (TPSA) is 76.3 Å². The Hall–Kier alpha value is -2.64. The first-order chi connectivity index (χ1) is 12.5. The van der Waals surface area contributed by atoms with Crippen LogP contribution in [-0.2, 0) is 23.7 Å². The molecule has 3 heterocycles. The van der Waals surface area contributed by atoms with Crippen LogP contribution in [0.4, 0.5) is 5.69 Å². The van der Waals surface area contributed by atoms with Crippen molar-refractivity contribution in [2.75, 3.05) is 11.9 Å². The van der Waals surface area contributed by atoms with Crippen molar-refractivity contribution in [1.29, 1.82) is 0 Å². The van der Waals surface area contributed by atoms with Gasteiger partial charge >= 0.3 is 0 Å². The second-order valence-corrected chi connectivity index (χ2v) is 7.29. The number of carbonyl (C=O) groups excluding carboxylic acids is 2. The molecule has 1 aliphatic heterocycles. The van der Waals surface area contributed by atoms with Crippen molar-refractivity contribution in [2.45, 2.75) is 37.8 Å². The second-order valence-electron chi connectivity index (χ2n) is 7.29. The number of amides is 2. The Bertz CT molecular complexity index is 836. The maximum absolute atomic E-state index is 13.3. The number of aromatic nitrogens is 4. The first kappa shape index (κ1) is 16.8. The van der Waals surface area contributed by atoms with E-state index in [1.165, 1.54) is 0 Å². The second kappa shape index (κ2) is 6.26. The van der Waals surface area contributed by atoms with Crippen LogP contribution in [0.5, 0.6) is 0 Å². The van der Waals surface area contributed by atoms with E-state index in [4.69, 9.17) is 0 Å². The lowest BCUT2D eigenvalue weighted by molar-refractivity contribution is -0.143. The molecular weight excluding hydrogens is 332 g/mol. The molecule has 2 aromatic heterocycles. The Morgan fingerprint density at radius 2 is 2.04 bits per heavy atom. The normalized spacial score (nSPS) is 23.3. The first-order valence-electron chi connectivity index (χ1n) is 9.02. The Balaban J connectivity index is 1.69. The monoisotopic (exact) mass is 356 g/mol. The predicted octanol–water partition coefficient (Wildman–Crippen LogP) is 1.26. The van der Waals surface area contributed by atoms with Crippen LogP contribution in [0, 0.1) is 5.92 Å². The molecular formula is C18H24N6O2. The summed E-state index contributed by atoms with van der Waals surface area (Å²) >= 11 is 0. The number of hydrogen-bond donors (Lipinski definition) is 0. The van der Waals surface area contributed by atoms with Gasteiger partial charge in [0.15, 0.2) is 0 Å². The number of rotatable bonds is 4. The van der Waals surface area contributed by atoms with Crippen molar-refractivity contribution in [2.24, 2.45) is 20.0 Å². The lowest BCUT2D eigenvalue weighted by atomic mass is 9.86. The van der Waals surface area contributed by atoms with E-state index in [9.17, 15) is 9.59 Å². The Kier molecular flexibility index (Phi) is 4.05. The largest absolute Gasteiger partial charge is 0.336 e. The molecule has 26 heavy (non-hydrogen) atoms. The van der Waals surface area contributed by atoms with Crippen LogP contribution in [0.3, 0.4) is 0 Å². The number of likely N-dealkylation sites (tertiary alicyclic amines) is 1. The zero-order valence-electron chi connectivity index (χ0n) is 15.4. The molecule has 2 amide bonds. The van der Waals surface area contributed by atoms with Gasteiger partial charge in [-0.1, -0.05) is 0 Å². The highest BCUT2D eigenvalue weighted by Crippen LogP contribution is 2.43. The van der Waals surface area contributed by atoms with Gasteiger partial charge in [0.05, 0.1) is 17.8 Å². The van der Waals surface area contributed by atoms with Gasteiger partial charge in [-0.2, -0.15) is 5.10 Å². The molecule has 0 aromatic carbocycles. The highest BCUT2D eigenvalue weighted by Gasteiger charge is 2.48. The SMILES string of the molecule is CN(C(=O)[C@H]1CCC(=O)N(C2CC2)[C@@H]1c1nccn1C)c1cnn(C)c1. The van der Waals surface area contributed by atoms with Gasteiger partial charge < -0.3 is 14.4 Å². The summed E-state index contributed by atoms with van der Waals surface area (Å²) in [6.45, 7) is 0. The fourth-order valence-electron chi connectivity index (χ4n) is 3.88. The quantitative estimate of drug-likeness (QED) is 0.826. The number of hydrogen-bond acceptors (Lipinski definition) is 4. The minimum absolute atomic E-state index is 0.00384. The third-order valence-electron chi connectivity index (χ3n) is 5.43. The van der Waals surface area contributed by atoms with Crippen molar-refractivity contribution >= 4 is 17.5 Å². The van der Waals surface area contributed by atoms with E-state index in [1.54, 1.807) is 29.0 Å². The van der Waals surface area contributed by atoms with Crippen LogP contribution in [-0.4, -0.2) is 49.1 Å². The Morgan fingerprint density at radius 1 is 1.27 bits per heavy atom. The van der Waals surface area contributed by atoms with Crippen molar-refractivity contribution < 1.29 is 9.59 Å². The average Bonchev–Trinajstić information content (AvgIpc) is 3.22. The number of nitrogens with zero attached hydrogens (tertiary/aromatic N) is 6. The molecule has 0 radical (unpaired) electrons. The predicted molar refractivity (Wildman–Crippen MR) is 95.2 cm³/mol. The molecule has 1 saturated carbocycles. The summed E-state index contributed by atoms with van der Waals surface area (Å²) in [7, 11) is 5.51. The van der Waals surface area contributed by atoms with Gasteiger partial charge in [0, 0.05) is 52.2 Å². The van der Waals surface area contributed by atoms with Crippen molar-refractivity contribution in [3.8, 4) is 0 Å². The maximum Gasteiger partial charge on any atom is 0.232 e. The van der Waals surface area contributed by atoms with Gasteiger partial charge in [-0.05, 0) is 19.3 Å². The Morgan fingerprint density at radius 3 is 2.62 bits per heavy atom. The molecule has 2 fully saturated rings. The molecule has 138 valence electrons. The van der Waals surface area contributed by atoms with E-state index in [0.717, 1.165) is 24.4 Å². The van der Waals surface area contributed by atoms with Gasteiger partial charge in [0.1, 0.15) is 11.9 Å². The molecule has 1 aliphatic carbocycles. The number of carbonyl (C=O) groups is 2. The Labute approximate surface area is 152 Å². The van der Waals surface area contributed by atoms with E-state index in [-0.39, 0.29) is 29.8 Å². The van der Waals surface area contributed by atoms with Crippen LogP contribution < -0.4 is 4.90 Å². The molecule has 4 rings (SSSR count). The number of anilines is 1. The van der Waals surface area contributed by atoms with Crippen LogP contribution in [0.2, 0.25) is 0 Å². The van der Waals surface area contributed by atoms with Gasteiger partial charge in [-0.3, -0.25) is 14.3 Å². The molecule has 2 aromatic rings. The maximum atomic E-state index is 13.3. The van der Waals surface area contributed by atoms with Crippen molar-refractivity contribution in [1.82, 2.24) is 24.2 Å². The molecule has 2 atom stereocenters. The molecule has 0 bridgehead atoms. The van der Waals surface area contributed by atoms with Crippen molar-refractivity contribution in [3.05, 3.63) is 30.6 Å². The van der Waals surface area contributed by atoms with Gasteiger partial charge in [0.25, 0.3) is 0 Å². The fourth-order valence-corrected chi connectivity index (χ4v) is 3.88. The lowest BCUT2D eigenvalue weighted by Crippen LogP contribution is -2.50. The minimum atomic E-state index is -0.310. The smallest absolute Gasteiger partial charge is 0.232 e. The zero-order valence-corrected chi connectivity index (χ0v) is 15.4. The molecule has 0 spiro atoms.